The smallest absolute Gasteiger partial charge is 0.0169 e. The van der Waals surface area contributed by atoms with E-state index >= 15 is 0 Å². The first-order chi connectivity index (χ1) is 11.9. The van der Waals surface area contributed by atoms with Crippen LogP contribution < -0.4 is 0 Å². The summed E-state index contributed by atoms with van der Waals surface area (Å²) >= 11 is 0. The van der Waals surface area contributed by atoms with Crippen LogP contribution in [0.15, 0.2) is 72.9 Å². The zero-order valence-corrected chi connectivity index (χ0v) is 15.7. The van der Waals surface area contributed by atoms with Crippen molar-refractivity contribution in [1.82, 2.24) is 0 Å². The van der Waals surface area contributed by atoms with Gasteiger partial charge in [0.25, 0.3) is 0 Å². The van der Waals surface area contributed by atoms with Crippen LogP contribution in [-0.2, 0) is 0 Å². The molecule has 0 N–H and O–H groups in total. The minimum Gasteiger partial charge on any atom is -0.0885 e. The summed E-state index contributed by atoms with van der Waals surface area (Å²) in [4.78, 5) is 0. The molecule has 0 saturated carbocycles. The van der Waals surface area contributed by atoms with Crippen LogP contribution in [0, 0.1) is 6.92 Å². The summed E-state index contributed by atoms with van der Waals surface area (Å²) in [7, 11) is 0. The standard InChI is InChI=1S/C24H37/c1-3-5-7-9-11-13-15-17-19-21-23-24-22-20-18-16-14-12-10-8-6-4-2/h6,8,11-14,17-20,23-24H,1,3-5,7,9-10,15-16,21-22H2,2H3. The van der Waals surface area contributed by atoms with E-state index < -0.39 is 0 Å². The van der Waals surface area contributed by atoms with Gasteiger partial charge in [-0.3, -0.25) is 0 Å². The van der Waals surface area contributed by atoms with Gasteiger partial charge in [-0.05, 0) is 51.4 Å². The summed E-state index contributed by atoms with van der Waals surface area (Å²) in [6, 6.07) is 0. The highest BCUT2D eigenvalue weighted by Gasteiger charge is 1.80. The Morgan fingerprint density at radius 3 is 1.25 bits per heavy atom. The normalized spacial score (nSPS) is 13.2. The van der Waals surface area contributed by atoms with E-state index in [9.17, 15) is 0 Å². The van der Waals surface area contributed by atoms with Crippen molar-refractivity contribution < 1.29 is 0 Å². The highest BCUT2D eigenvalue weighted by Crippen LogP contribution is 2.00. The van der Waals surface area contributed by atoms with E-state index in [0.29, 0.717) is 0 Å². The lowest BCUT2D eigenvalue weighted by molar-refractivity contribution is 0.759. The van der Waals surface area contributed by atoms with Gasteiger partial charge in [0.2, 0.25) is 0 Å². The first kappa shape index (κ1) is 22.4. The minimum atomic E-state index is 1.03. The van der Waals surface area contributed by atoms with Crippen LogP contribution >= 0.6 is 0 Å². The lowest BCUT2D eigenvalue weighted by atomic mass is 10.2. The van der Waals surface area contributed by atoms with Gasteiger partial charge in [0.05, 0.1) is 0 Å². The summed E-state index contributed by atoms with van der Waals surface area (Å²) in [6.07, 6.45) is 38.0. The molecule has 24 heavy (non-hydrogen) atoms. The van der Waals surface area contributed by atoms with Gasteiger partial charge < -0.3 is 0 Å². The molecule has 0 heteroatoms. The Morgan fingerprint density at radius 1 is 0.500 bits per heavy atom. The summed E-state index contributed by atoms with van der Waals surface area (Å²) in [5.41, 5.74) is 0. The highest BCUT2D eigenvalue weighted by molar-refractivity contribution is 5.01. The molecule has 0 saturated heterocycles. The molecule has 0 heterocycles. The number of rotatable bonds is 15. The fourth-order valence-electron chi connectivity index (χ4n) is 2.08. The molecule has 0 rings (SSSR count). The van der Waals surface area contributed by atoms with Gasteiger partial charge >= 0.3 is 0 Å². The maximum absolute atomic E-state index is 3.85. The molecule has 0 amide bonds. The summed E-state index contributed by atoms with van der Waals surface area (Å²) in [5, 5.41) is 0. The molecule has 0 fully saturated rings. The first-order valence-corrected chi connectivity index (χ1v) is 9.61. The molecule has 133 valence electrons. The van der Waals surface area contributed by atoms with E-state index in [1.54, 1.807) is 0 Å². The number of unbranched alkanes of at least 4 members (excludes halogenated alkanes) is 3. The molecular formula is C24H37. The summed E-state index contributed by atoms with van der Waals surface area (Å²) in [5.74, 6) is 0. The molecule has 0 aromatic rings. The lowest BCUT2D eigenvalue weighted by Crippen LogP contribution is -1.70. The highest BCUT2D eigenvalue weighted by atomic mass is 13.9. The van der Waals surface area contributed by atoms with E-state index in [1.165, 1.54) is 19.3 Å². The molecule has 0 nitrogen and oxygen atoms in total. The first-order valence-electron chi connectivity index (χ1n) is 9.61. The maximum Gasteiger partial charge on any atom is -0.0169 e. The zero-order valence-electron chi connectivity index (χ0n) is 15.7. The number of hydrogen-bond acceptors (Lipinski definition) is 0. The van der Waals surface area contributed by atoms with Crippen molar-refractivity contribution in [3.63, 3.8) is 0 Å². The molecule has 1 radical (unpaired) electrons. The van der Waals surface area contributed by atoms with Crippen LogP contribution in [0.4, 0.5) is 0 Å². The third-order valence-electron chi connectivity index (χ3n) is 3.47. The Bertz CT molecular complexity index is 402. The third-order valence-corrected chi connectivity index (χ3v) is 3.47. The van der Waals surface area contributed by atoms with Gasteiger partial charge in [-0.2, -0.15) is 0 Å². The maximum atomic E-state index is 3.85. The predicted molar refractivity (Wildman–Crippen MR) is 112 cm³/mol. The second kappa shape index (κ2) is 21.4. The van der Waals surface area contributed by atoms with Crippen molar-refractivity contribution in [2.45, 2.75) is 71.1 Å². The Balaban J connectivity index is 3.46. The van der Waals surface area contributed by atoms with E-state index in [0.717, 1.165) is 44.9 Å². The molecule has 0 aliphatic rings. The molecule has 0 aromatic heterocycles. The van der Waals surface area contributed by atoms with Crippen LogP contribution in [0.2, 0.25) is 0 Å². The van der Waals surface area contributed by atoms with Crippen molar-refractivity contribution in [1.29, 1.82) is 0 Å². The van der Waals surface area contributed by atoms with Crippen LogP contribution in [-0.4, -0.2) is 0 Å². The van der Waals surface area contributed by atoms with Gasteiger partial charge in [0.15, 0.2) is 0 Å². The van der Waals surface area contributed by atoms with Gasteiger partial charge in [-0.25, -0.2) is 0 Å². The molecule has 0 spiro atoms. The topological polar surface area (TPSA) is 0 Å². The van der Waals surface area contributed by atoms with Crippen molar-refractivity contribution in [2.24, 2.45) is 0 Å². The molecular weight excluding hydrogens is 288 g/mol. The summed E-state index contributed by atoms with van der Waals surface area (Å²) in [6.45, 7) is 6.02. The molecule has 0 aromatic carbocycles. The average molecular weight is 326 g/mol. The Hall–Kier alpha value is -1.56. The van der Waals surface area contributed by atoms with Gasteiger partial charge in [-0.15, -0.1) is 0 Å². The number of allylic oxidation sites excluding steroid dienone is 12. The molecule has 0 unspecified atom stereocenters. The SMILES string of the molecule is [CH2]CCCCC=CCC=CCC=CCC=CCC=CCC=CCC. The van der Waals surface area contributed by atoms with Crippen LogP contribution in [0.1, 0.15) is 71.1 Å². The Kier molecular flexibility index (Phi) is 20.0. The average Bonchev–Trinajstić information content (AvgIpc) is 2.60. The van der Waals surface area contributed by atoms with Gasteiger partial charge in [0.1, 0.15) is 0 Å². The number of hydrogen-bond donors (Lipinski definition) is 0. The van der Waals surface area contributed by atoms with Gasteiger partial charge in [0, 0.05) is 0 Å². The minimum absolute atomic E-state index is 1.03. The molecule has 0 atom stereocenters. The van der Waals surface area contributed by atoms with E-state index in [-0.39, 0.29) is 0 Å². The fraction of sp³-hybridized carbons (Fsp3) is 0.458. The molecule has 0 bridgehead atoms. The van der Waals surface area contributed by atoms with E-state index in [4.69, 9.17) is 0 Å². The van der Waals surface area contributed by atoms with Crippen molar-refractivity contribution in [2.75, 3.05) is 0 Å². The Morgan fingerprint density at radius 2 is 0.875 bits per heavy atom. The van der Waals surface area contributed by atoms with Gasteiger partial charge in [-0.1, -0.05) is 99.6 Å². The van der Waals surface area contributed by atoms with Crippen LogP contribution in [0.25, 0.3) is 0 Å². The Labute approximate surface area is 151 Å². The largest absolute Gasteiger partial charge is 0.0885 e. The molecule has 0 aliphatic heterocycles. The summed E-state index contributed by atoms with van der Waals surface area (Å²) < 4.78 is 0. The lowest BCUT2D eigenvalue weighted by Gasteiger charge is -1.90. The monoisotopic (exact) mass is 325 g/mol. The second-order valence-corrected chi connectivity index (χ2v) is 5.76. The second-order valence-electron chi connectivity index (χ2n) is 5.76. The van der Waals surface area contributed by atoms with E-state index in [1.807, 2.05) is 0 Å². The quantitative estimate of drug-likeness (QED) is 0.211. The van der Waals surface area contributed by atoms with Crippen LogP contribution in [0.3, 0.4) is 0 Å². The fourth-order valence-corrected chi connectivity index (χ4v) is 2.08. The zero-order chi connectivity index (χ0) is 17.6. The third kappa shape index (κ3) is 20.4. The van der Waals surface area contributed by atoms with E-state index in [2.05, 4.69) is 86.8 Å². The van der Waals surface area contributed by atoms with Crippen molar-refractivity contribution in [3.8, 4) is 0 Å². The van der Waals surface area contributed by atoms with Crippen LogP contribution in [0.5, 0.6) is 0 Å². The molecule has 0 aliphatic carbocycles. The van der Waals surface area contributed by atoms with Crippen molar-refractivity contribution >= 4 is 0 Å². The predicted octanol–water partition coefficient (Wildman–Crippen LogP) is 8.08. The van der Waals surface area contributed by atoms with Crippen molar-refractivity contribution in [3.05, 3.63) is 79.8 Å².